The second-order valence-electron chi connectivity index (χ2n) is 13.8. The lowest BCUT2D eigenvalue weighted by Gasteiger charge is -2.59. The normalized spacial score (nSPS) is 38.6. The Morgan fingerprint density at radius 2 is 1.78 bits per heavy atom. The predicted octanol–water partition coefficient (Wildman–Crippen LogP) is 7.22. The van der Waals surface area contributed by atoms with Crippen LogP contribution in [0.5, 0.6) is 0 Å². The number of nitrogens with one attached hydrogen (secondary N) is 1. The Kier molecular flexibility index (Phi) is 5.53. The third-order valence-electron chi connectivity index (χ3n) is 11.5. The highest BCUT2D eigenvalue weighted by Gasteiger charge is 2.76. The Morgan fingerprint density at radius 3 is 2.76 bits per heavy atom. The number of hydrogen-bond acceptors (Lipinski definition) is 4. The molecule has 9 rings (SSSR count). The molecule has 5 bridgehead atoms. The van der Waals surface area contributed by atoms with Gasteiger partial charge in [-0.3, -0.25) is 9.88 Å². The summed E-state index contributed by atoms with van der Waals surface area (Å²) in [5.74, 6) is 0.490. The van der Waals surface area contributed by atoms with Crippen molar-refractivity contribution in [3.05, 3.63) is 72.6 Å². The van der Waals surface area contributed by atoms with E-state index < -0.39 is 0 Å². The van der Waals surface area contributed by atoms with E-state index in [2.05, 4.69) is 75.5 Å². The van der Waals surface area contributed by atoms with E-state index in [4.69, 9.17) is 9.72 Å². The van der Waals surface area contributed by atoms with E-state index in [1.807, 2.05) is 6.20 Å². The van der Waals surface area contributed by atoms with Gasteiger partial charge in [-0.2, -0.15) is 0 Å². The maximum absolute atomic E-state index is 7.55. The fourth-order valence-electron chi connectivity index (χ4n) is 10.2. The van der Waals surface area contributed by atoms with E-state index >= 15 is 0 Å². The smallest absolute Gasteiger partial charge is 0.143 e. The van der Waals surface area contributed by atoms with Crippen molar-refractivity contribution in [2.75, 3.05) is 26.2 Å². The SMILES string of the molecule is C1=CCCC23C=C(c4nccc5c4[nH]c4ccccc45)C4CCN(CCCC1)CC41CC4(C=CCCCCN4C21)O3. The van der Waals surface area contributed by atoms with E-state index in [1.165, 1.54) is 92.0 Å². The van der Waals surface area contributed by atoms with Crippen LogP contribution in [0.2, 0.25) is 0 Å². The van der Waals surface area contributed by atoms with Crippen LogP contribution in [-0.2, 0) is 4.74 Å². The molecule has 7 heterocycles. The number of H-pyrrole nitrogens is 1. The van der Waals surface area contributed by atoms with Crippen LogP contribution in [0, 0.1) is 11.3 Å². The number of nitrogens with zero attached hydrogens (tertiary/aromatic N) is 3. The second kappa shape index (κ2) is 9.13. The second-order valence-corrected chi connectivity index (χ2v) is 13.8. The summed E-state index contributed by atoms with van der Waals surface area (Å²) in [4.78, 5) is 14.7. The summed E-state index contributed by atoms with van der Waals surface area (Å²) in [5.41, 5.74) is 4.61. The molecule has 1 aliphatic carbocycles. The van der Waals surface area contributed by atoms with E-state index in [0.29, 0.717) is 12.0 Å². The first-order chi connectivity index (χ1) is 20.2. The van der Waals surface area contributed by atoms with Gasteiger partial charge in [0.1, 0.15) is 11.3 Å². The molecular formula is C36H42N4O. The predicted molar refractivity (Wildman–Crippen MR) is 165 cm³/mol. The van der Waals surface area contributed by atoms with Gasteiger partial charge >= 0.3 is 0 Å². The fraction of sp³-hybridized carbons (Fsp3) is 0.528. The van der Waals surface area contributed by atoms with Crippen LogP contribution in [0.15, 0.2) is 66.9 Å². The average Bonchev–Trinajstić information content (AvgIpc) is 3.55. The minimum absolute atomic E-state index is 0.170. The zero-order chi connectivity index (χ0) is 27.1. The van der Waals surface area contributed by atoms with Gasteiger partial charge in [0.05, 0.1) is 17.3 Å². The number of allylic oxidation sites excluding steroid dienone is 4. The molecule has 2 aromatic heterocycles. The van der Waals surface area contributed by atoms with Crippen LogP contribution in [0.4, 0.5) is 0 Å². The molecule has 6 aliphatic rings. The number of ether oxygens (including phenoxy) is 1. The quantitative estimate of drug-likeness (QED) is 0.327. The summed E-state index contributed by atoms with van der Waals surface area (Å²) in [6.07, 6.45) is 26.4. The lowest BCUT2D eigenvalue weighted by molar-refractivity contribution is -0.154. The molecule has 5 aliphatic heterocycles. The highest BCUT2D eigenvalue weighted by Crippen LogP contribution is 2.70. The molecule has 5 nitrogen and oxygen atoms in total. The van der Waals surface area contributed by atoms with Crippen molar-refractivity contribution in [2.24, 2.45) is 11.3 Å². The molecule has 1 aromatic carbocycles. The van der Waals surface area contributed by atoms with Crippen molar-refractivity contribution in [1.82, 2.24) is 19.8 Å². The molecule has 5 heteroatoms. The van der Waals surface area contributed by atoms with Crippen LogP contribution < -0.4 is 0 Å². The molecule has 6 atom stereocenters. The minimum Gasteiger partial charge on any atom is -0.353 e. The van der Waals surface area contributed by atoms with Gasteiger partial charge in [-0.25, -0.2) is 0 Å². The van der Waals surface area contributed by atoms with E-state index in [0.717, 1.165) is 31.5 Å². The number of hydrogen-bond donors (Lipinski definition) is 1. The Labute approximate surface area is 243 Å². The van der Waals surface area contributed by atoms with Crippen molar-refractivity contribution in [1.29, 1.82) is 0 Å². The number of benzene rings is 1. The molecule has 0 amide bonds. The molecule has 212 valence electrons. The number of para-hydroxylation sites is 1. The molecule has 1 N–H and O–H groups in total. The Balaban J connectivity index is 1.29. The van der Waals surface area contributed by atoms with Crippen molar-refractivity contribution in [3.8, 4) is 0 Å². The molecule has 6 unspecified atom stereocenters. The van der Waals surface area contributed by atoms with Gasteiger partial charge in [-0.1, -0.05) is 36.4 Å². The van der Waals surface area contributed by atoms with Gasteiger partial charge < -0.3 is 14.6 Å². The number of pyridine rings is 1. The van der Waals surface area contributed by atoms with E-state index in [-0.39, 0.29) is 16.7 Å². The van der Waals surface area contributed by atoms with Crippen molar-refractivity contribution < 1.29 is 4.74 Å². The minimum atomic E-state index is -0.296. The number of aromatic amines is 1. The first-order valence-corrected chi connectivity index (χ1v) is 16.3. The van der Waals surface area contributed by atoms with Crippen molar-refractivity contribution in [3.63, 3.8) is 0 Å². The third kappa shape index (κ3) is 3.49. The first kappa shape index (κ1) is 24.8. The van der Waals surface area contributed by atoms with E-state index in [9.17, 15) is 0 Å². The Bertz CT molecular complexity index is 1600. The summed E-state index contributed by atoms with van der Waals surface area (Å²) in [7, 11) is 0. The third-order valence-corrected chi connectivity index (χ3v) is 11.5. The fourth-order valence-corrected chi connectivity index (χ4v) is 10.2. The molecule has 1 spiro atoms. The summed E-state index contributed by atoms with van der Waals surface area (Å²) in [6, 6.07) is 11.3. The number of piperidine rings is 1. The average molecular weight is 547 g/mol. The highest BCUT2D eigenvalue weighted by atomic mass is 16.6. The lowest BCUT2D eigenvalue weighted by Crippen LogP contribution is -2.65. The molecule has 0 radical (unpaired) electrons. The lowest BCUT2D eigenvalue weighted by atomic mass is 9.53. The molecule has 3 aromatic rings. The van der Waals surface area contributed by atoms with Crippen LogP contribution in [-0.4, -0.2) is 63.3 Å². The van der Waals surface area contributed by atoms with Crippen LogP contribution >= 0.6 is 0 Å². The summed E-state index contributed by atoms with van der Waals surface area (Å²) in [6.45, 7) is 4.75. The van der Waals surface area contributed by atoms with Crippen LogP contribution in [0.3, 0.4) is 0 Å². The number of fused-ring (bicyclic) bond motifs is 4. The largest absolute Gasteiger partial charge is 0.353 e. The maximum atomic E-state index is 7.55. The molecule has 41 heavy (non-hydrogen) atoms. The standard InChI is InChI=1S/C36H42N4O/c1-2-5-11-20-39-22-16-29-28(31-32-27(15-19-37-31)26-13-7-8-14-30(26)38-32)23-35(17-9-3-1)33-34(29,25-39)24-36(41-35)18-10-4-6-12-21-40(33)36/h1,3,7-8,10,13-15,18-19,23,29,33,38H,2,4-6,9,11-12,16-17,20-22,24-25H2. The Morgan fingerprint density at radius 1 is 0.902 bits per heavy atom. The highest BCUT2D eigenvalue weighted by molar-refractivity contribution is 6.09. The van der Waals surface area contributed by atoms with Gasteiger partial charge in [0.15, 0.2) is 0 Å². The van der Waals surface area contributed by atoms with Gasteiger partial charge in [0.25, 0.3) is 0 Å². The molecule has 0 saturated carbocycles. The monoisotopic (exact) mass is 546 g/mol. The van der Waals surface area contributed by atoms with E-state index in [1.54, 1.807) is 0 Å². The number of rotatable bonds is 1. The summed E-state index contributed by atoms with van der Waals surface area (Å²) >= 11 is 0. The van der Waals surface area contributed by atoms with Crippen LogP contribution in [0.25, 0.3) is 27.4 Å². The summed E-state index contributed by atoms with van der Waals surface area (Å²) in [5, 5.41) is 2.58. The number of aromatic nitrogens is 2. The van der Waals surface area contributed by atoms with Crippen molar-refractivity contribution in [2.45, 2.75) is 81.6 Å². The zero-order valence-corrected chi connectivity index (χ0v) is 24.2. The molecule has 3 saturated heterocycles. The van der Waals surface area contributed by atoms with Crippen molar-refractivity contribution >= 4 is 27.4 Å². The Hall–Kier alpha value is -2.73. The maximum Gasteiger partial charge on any atom is 0.143 e. The van der Waals surface area contributed by atoms with Gasteiger partial charge in [0.2, 0.25) is 0 Å². The topological polar surface area (TPSA) is 44.4 Å². The zero-order valence-electron chi connectivity index (χ0n) is 24.2. The summed E-state index contributed by atoms with van der Waals surface area (Å²) < 4.78 is 7.55. The first-order valence-electron chi connectivity index (χ1n) is 16.3. The van der Waals surface area contributed by atoms with Gasteiger partial charge in [-0.05, 0) is 107 Å². The van der Waals surface area contributed by atoms with Gasteiger partial charge in [0, 0.05) is 47.4 Å². The van der Waals surface area contributed by atoms with Gasteiger partial charge in [-0.15, -0.1) is 0 Å². The van der Waals surface area contributed by atoms with Crippen LogP contribution in [0.1, 0.15) is 69.9 Å². The molecular weight excluding hydrogens is 504 g/mol. The molecule has 3 fully saturated rings.